The molecule has 0 bridgehead atoms. The minimum Gasteiger partial charge on any atom is -0.456 e. The zero-order valence-electron chi connectivity index (χ0n) is 31.5. The van der Waals surface area contributed by atoms with Gasteiger partial charge in [0.1, 0.15) is 11.2 Å². The van der Waals surface area contributed by atoms with Gasteiger partial charge >= 0.3 is 0 Å². The number of thiophene rings is 1. The Balaban J connectivity index is 1.11. The fraction of sp³-hybridized carbons (Fsp3) is 0.0182. The second-order valence-corrected chi connectivity index (χ2v) is 16.3. The molecule has 0 saturated carbocycles. The molecule has 1 aliphatic carbocycles. The number of furan rings is 1. The third kappa shape index (κ3) is 4.90. The number of fused-ring (bicyclic) bond motifs is 9. The van der Waals surface area contributed by atoms with E-state index >= 15 is 0 Å². The molecule has 11 aromatic rings. The van der Waals surface area contributed by atoms with Gasteiger partial charge in [0, 0.05) is 54.1 Å². The van der Waals surface area contributed by atoms with Crippen LogP contribution in [0.25, 0.3) is 64.4 Å². The van der Waals surface area contributed by atoms with Crippen LogP contribution < -0.4 is 4.90 Å². The quantitative estimate of drug-likeness (QED) is 0.168. The predicted octanol–water partition coefficient (Wildman–Crippen LogP) is 15.5. The third-order valence-electron chi connectivity index (χ3n) is 12.2. The van der Waals surface area contributed by atoms with Crippen LogP contribution in [-0.2, 0) is 5.41 Å². The summed E-state index contributed by atoms with van der Waals surface area (Å²) in [6, 6.07) is 77.6. The molecule has 0 N–H and O–H groups in total. The van der Waals surface area contributed by atoms with Crippen LogP contribution >= 0.6 is 11.3 Å². The summed E-state index contributed by atoms with van der Waals surface area (Å²) in [4.78, 5) is 2.38. The van der Waals surface area contributed by atoms with E-state index in [9.17, 15) is 0 Å². The van der Waals surface area contributed by atoms with Crippen molar-refractivity contribution in [1.82, 2.24) is 0 Å². The Morgan fingerprint density at radius 1 is 0.362 bits per heavy atom. The minimum atomic E-state index is -0.556. The summed E-state index contributed by atoms with van der Waals surface area (Å²) in [5, 5.41) is 4.86. The lowest BCUT2D eigenvalue weighted by atomic mass is 9.67. The topological polar surface area (TPSA) is 16.4 Å². The van der Waals surface area contributed by atoms with Crippen molar-refractivity contribution < 1.29 is 4.42 Å². The molecule has 0 saturated heterocycles. The summed E-state index contributed by atoms with van der Waals surface area (Å²) in [5.74, 6) is 0. The summed E-state index contributed by atoms with van der Waals surface area (Å²) >= 11 is 1.88. The van der Waals surface area contributed by atoms with E-state index in [1.54, 1.807) is 0 Å². The van der Waals surface area contributed by atoms with Gasteiger partial charge in [0.25, 0.3) is 0 Å². The molecule has 1 aliphatic rings. The van der Waals surface area contributed by atoms with Crippen LogP contribution in [0.1, 0.15) is 22.3 Å². The molecule has 9 aromatic carbocycles. The van der Waals surface area contributed by atoms with Crippen LogP contribution in [0, 0.1) is 0 Å². The molecule has 2 aromatic heterocycles. The van der Waals surface area contributed by atoms with E-state index in [1.807, 2.05) is 23.5 Å². The third-order valence-corrected chi connectivity index (χ3v) is 13.3. The Hall–Kier alpha value is -7.20. The molecule has 1 atom stereocenters. The van der Waals surface area contributed by atoms with Crippen LogP contribution in [0.5, 0.6) is 0 Å². The fourth-order valence-corrected chi connectivity index (χ4v) is 10.7. The highest BCUT2D eigenvalue weighted by Gasteiger charge is 2.46. The van der Waals surface area contributed by atoms with Crippen LogP contribution in [0.2, 0.25) is 0 Å². The van der Waals surface area contributed by atoms with Gasteiger partial charge < -0.3 is 9.32 Å². The molecular formula is C55H35NOS. The van der Waals surface area contributed by atoms with Crippen molar-refractivity contribution >= 4 is 70.5 Å². The summed E-state index contributed by atoms with van der Waals surface area (Å²) in [5.41, 5.74) is 14.4. The summed E-state index contributed by atoms with van der Waals surface area (Å²) in [6.07, 6.45) is 0. The molecule has 1 unspecified atom stereocenters. The zero-order valence-corrected chi connectivity index (χ0v) is 32.3. The molecule has 58 heavy (non-hydrogen) atoms. The molecule has 0 aliphatic heterocycles. The van der Waals surface area contributed by atoms with E-state index in [2.05, 4.69) is 205 Å². The molecule has 272 valence electrons. The van der Waals surface area contributed by atoms with E-state index in [4.69, 9.17) is 4.42 Å². The number of nitrogens with zero attached hydrogens (tertiary/aromatic N) is 1. The van der Waals surface area contributed by atoms with Crippen LogP contribution in [0.4, 0.5) is 17.1 Å². The van der Waals surface area contributed by atoms with Gasteiger partial charge in [0.2, 0.25) is 0 Å². The lowest BCUT2D eigenvalue weighted by molar-refractivity contribution is 0.669. The molecule has 0 fully saturated rings. The standard InChI is InChI=1S/C55H35NOS/c1-3-13-36(14-4-1)37-23-26-40(27-24-37)56(42-29-32-46-45-18-8-11-21-51(45)57-52(46)35-42)41-28-31-44-43-17-7-10-20-49(43)55(50(44)34-41,38-15-5-2-6-16-38)39-25-30-48-47-19-9-12-22-53(47)58-54(48)33-39/h1-35H. The number of rotatable bonds is 6. The van der Waals surface area contributed by atoms with Crippen LogP contribution in [0.3, 0.4) is 0 Å². The van der Waals surface area contributed by atoms with Gasteiger partial charge in [-0.2, -0.15) is 0 Å². The smallest absolute Gasteiger partial charge is 0.137 e. The van der Waals surface area contributed by atoms with E-state index < -0.39 is 5.41 Å². The molecular weight excluding hydrogens is 723 g/mol. The SMILES string of the molecule is c1ccc(-c2ccc(N(c3ccc4c(c3)C(c3ccccc3)(c3ccc5c(c3)sc3ccccc35)c3ccccc3-4)c3ccc4c(c3)oc3ccccc34)cc2)cc1. The van der Waals surface area contributed by atoms with Gasteiger partial charge in [-0.25, -0.2) is 0 Å². The number of para-hydroxylation sites is 1. The maximum absolute atomic E-state index is 6.49. The van der Waals surface area contributed by atoms with E-state index in [0.717, 1.165) is 39.0 Å². The molecule has 2 nitrogen and oxygen atoms in total. The van der Waals surface area contributed by atoms with Crippen LogP contribution in [-0.4, -0.2) is 0 Å². The first-order chi connectivity index (χ1) is 28.7. The van der Waals surface area contributed by atoms with Crippen molar-refractivity contribution in [2.75, 3.05) is 4.90 Å². The molecule has 0 radical (unpaired) electrons. The molecule has 0 spiro atoms. The monoisotopic (exact) mass is 757 g/mol. The average molecular weight is 758 g/mol. The van der Waals surface area contributed by atoms with Gasteiger partial charge in [-0.15, -0.1) is 11.3 Å². The first-order valence-corrected chi connectivity index (χ1v) is 20.6. The van der Waals surface area contributed by atoms with Gasteiger partial charge in [0.05, 0.1) is 5.41 Å². The second kappa shape index (κ2) is 12.9. The summed E-state index contributed by atoms with van der Waals surface area (Å²) < 4.78 is 9.10. The van der Waals surface area contributed by atoms with Gasteiger partial charge in [-0.3, -0.25) is 0 Å². The van der Waals surface area contributed by atoms with Gasteiger partial charge in [-0.05, 0) is 99.1 Å². The number of anilines is 3. The predicted molar refractivity (Wildman–Crippen MR) is 244 cm³/mol. The van der Waals surface area contributed by atoms with E-state index in [1.165, 1.54) is 64.7 Å². The van der Waals surface area contributed by atoms with Crippen molar-refractivity contribution in [2.45, 2.75) is 5.41 Å². The van der Waals surface area contributed by atoms with Gasteiger partial charge in [-0.1, -0.05) is 152 Å². The first kappa shape index (κ1) is 33.0. The lowest BCUT2D eigenvalue weighted by Crippen LogP contribution is -2.28. The molecule has 0 amide bonds. The Kier molecular flexibility index (Phi) is 7.35. The van der Waals surface area contributed by atoms with E-state index in [0.29, 0.717) is 0 Å². The Morgan fingerprint density at radius 3 is 1.83 bits per heavy atom. The molecule has 3 heteroatoms. The normalized spacial score (nSPS) is 14.6. The van der Waals surface area contributed by atoms with Crippen molar-refractivity contribution in [2.24, 2.45) is 0 Å². The minimum absolute atomic E-state index is 0.556. The van der Waals surface area contributed by atoms with E-state index in [-0.39, 0.29) is 0 Å². The number of hydrogen-bond acceptors (Lipinski definition) is 3. The highest BCUT2D eigenvalue weighted by atomic mass is 32.1. The largest absolute Gasteiger partial charge is 0.456 e. The van der Waals surface area contributed by atoms with Crippen molar-refractivity contribution in [3.05, 3.63) is 235 Å². The van der Waals surface area contributed by atoms with Crippen molar-refractivity contribution in [1.29, 1.82) is 0 Å². The second-order valence-electron chi connectivity index (χ2n) is 15.2. The Bertz CT molecular complexity index is 3340. The first-order valence-electron chi connectivity index (χ1n) is 19.8. The van der Waals surface area contributed by atoms with Crippen LogP contribution in [0.15, 0.2) is 217 Å². The zero-order chi connectivity index (χ0) is 38.2. The Labute approximate surface area is 340 Å². The maximum atomic E-state index is 6.49. The lowest BCUT2D eigenvalue weighted by Gasteiger charge is -2.35. The summed E-state index contributed by atoms with van der Waals surface area (Å²) in [6.45, 7) is 0. The average Bonchev–Trinajstić information content (AvgIpc) is 3.95. The fourth-order valence-electron chi connectivity index (χ4n) is 9.58. The maximum Gasteiger partial charge on any atom is 0.137 e. The summed E-state index contributed by atoms with van der Waals surface area (Å²) in [7, 11) is 0. The van der Waals surface area contributed by atoms with Gasteiger partial charge in [0.15, 0.2) is 0 Å². The molecule has 12 rings (SSSR count). The van der Waals surface area contributed by atoms with Crippen molar-refractivity contribution in [3.8, 4) is 22.3 Å². The van der Waals surface area contributed by atoms with Crippen molar-refractivity contribution in [3.63, 3.8) is 0 Å². The number of hydrogen-bond donors (Lipinski definition) is 0. The highest BCUT2D eigenvalue weighted by Crippen LogP contribution is 2.58. The highest BCUT2D eigenvalue weighted by molar-refractivity contribution is 7.25. The Morgan fingerprint density at radius 2 is 0.966 bits per heavy atom. The number of benzene rings is 9. The molecule has 2 heterocycles.